The van der Waals surface area contributed by atoms with Crippen LogP contribution < -0.4 is 15.4 Å². The van der Waals surface area contributed by atoms with E-state index in [-0.39, 0.29) is 20.5 Å². The molecule has 31 heavy (non-hydrogen) atoms. The number of alkyl halides is 1. The lowest BCUT2D eigenvalue weighted by molar-refractivity contribution is 0.0544. The second kappa shape index (κ2) is 11.5. The molecule has 0 aliphatic carbocycles. The standard InChI is InChI=1S/C21H32FN3O6.H2/c1-20(2,3)30-18(27)24-17(25-19(28)31-21(4,5)6)23-13-16(26)14-7-9-15(10-8-14)29-12-11-22;/h7-10,16,26H,11-13H2,1-6H3,(H2,23,24,25,27,28);1H. The fraction of sp³-hybridized carbons (Fsp3) is 0.571. The van der Waals surface area contributed by atoms with Crippen molar-refractivity contribution in [2.24, 2.45) is 4.99 Å². The van der Waals surface area contributed by atoms with Crippen LogP contribution in [0.3, 0.4) is 0 Å². The van der Waals surface area contributed by atoms with Gasteiger partial charge in [0.1, 0.15) is 30.2 Å². The molecule has 0 radical (unpaired) electrons. The lowest BCUT2D eigenvalue weighted by atomic mass is 10.1. The van der Waals surface area contributed by atoms with Gasteiger partial charge in [0.05, 0.1) is 12.6 Å². The van der Waals surface area contributed by atoms with E-state index >= 15 is 0 Å². The molecule has 1 atom stereocenters. The number of guanidine groups is 1. The minimum atomic E-state index is -1.04. The first kappa shape index (κ1) is 26.2. The highest BCUT2D eigenvalue weighted by Gasteiger charge is 2.21. The molecular formula is C21H34FN3O6. The summed E-state index contributed by atoms with van der Waals surface area (Å²) in [7, 11) is 0. The van der Waals surface area contributed by atoms with E-state index in [0.717, 1.165) is 0 Å². The van der Waals surface area contributed by atoms with Crippen molar-refractivity contribution >= 4 is 18.1 Å². The van der Waals surface area contributed by atoms with E-state index in [9.17, 15) is 19.1 Å². The molecule has 3 N–H and O–H groups in total. The lowest BCUT2D eigenvalue weighted by Gasteiger charge is -2.22. The van der Waals surface area contributed by atoms with Crippen molar-refractivity contribution in [2.75, 3.05) is 19.8 Å². The van der Waals surface area contributed by atoms with Crippen LogP contribution in [-0.2, 0) is 9.47 Å². The summed E-state index contributed by atoms with van der Waals surface area (Å²) in [6.07, 6.45) is -2.69. The molecule has 0 spiro atoms. The van der Waals surface area contributed by atoms with Crippen molar-refractivity contribution < 1.29 is 34.7 Å². The Kier molecular flexibility index (Phi) is 9.70. The quantitative estimate of drug-likeness (QED) is 0.455. The first-order chi connectivity index (χ1) is 14.3. The Morgan fingerprint density at radius 1 is 1.03 bits per heavy atom. The van der Waals surface area contributed by atoms with Gasteiger partial charge in [-0.2, -0.15) is 0 Å². The van der Waals surface area contributed by atoms with Crippen LogP contribution in [0.25, 0.3) is 0 Å². The molecule has 0 fully saturated rings. The number of carbonyl (C=O) groups excluding carboxylic acids is 2. The monoisotopic (exact) mass is 443 g/mol. The third kappa shape index (κ3) is 11.8. The van der Waals surface area contributed by atoms with Crippen LogP contribution in [-0.4, -0.2) is 54.3 Å². The van der Waals surface area contributed by atoms with Crippen LogP contribution in [0, 0.1) is 0 Å². The summed E-state index contributed by atoms with van der Waals surface area (Å²) in [6.45, 7) is 9.31. The highest BCUT2D eigenvalue weighted by molar-refractivity contribution is 6.01. The summed E-state index contributed by atoms with van der Waals surface area (Å²) in [5, 5.41) is 15.1. The molecule has 1 aromatic carbocycles. The van der Waals surface area contributed by atoms with Crippen LogP contribution in [0.2, 0.25) is 0 Å². The molecule has 9 nitrogen and oxygen atoms in total. The molecule has 0 aliphatic rings. The van der Waals surface area contributed by atoms with Crippen LogP contribution in [0.4, 0.5) is 14.0 Å². The summed E-state index contributed by atoms with van der Waals surface area (Å²) in [4.78, 5) is 28.2. The molecule has 176 valence electrons. The maximum absolute atomic E-state index is 12.2. The maximum atomic E-state index is 12.2. The number of aliphatic hydroxyl groups is 1. The Morgan fingerprint density at radius 2 is 1.52 bits per heavy atom. The number of hydrogen-bond donors (Lipinski definition) is 3. The Labute approximate surface area is 183 Å². The van der Waals surface area contributed by atoms with E-state index in [1.807, 2.05) is 0 Å². The predicted octanol–water partition coefficient (Wildman–Crippen LogP) is 3.72. The van der Waals surface area contributed by atoms with Gasteiger partial charge in [-0.25, -0.2) is 19.0 Å². The second-order valence-corrected chi connectivity index (χ2v) is 8.57. The lowest BCUT2D eigenvalue weighted by Crippen LogP contribution is -2.47. The van der Waals surface area contributed by atoms with E-state index in [2.05, 4.69) is 15.6 Å². The maximum Gasteiger partial charge on any atom is 0.414 e. The number of rotatable bonds is 6. The molecule has 2 amide bonds. The zero-order valence-electron chi connectivity index (χ0n) is 18.8. The molecule has 1 rings (SSSR count). The fourth-order valence-electron chi connectivity index (χ4n) is 2.14. The highest BCUT2D eigenvalue weighted by atomic mass is 19.1. The SMILES string of the molecule is CC(C)(C)OC(=O)NC(=NCC(O)c1ccc(OCCF)cc1)NC(=O)OC(C)(C)C.[HH]. The van der Waals surface area contributed by atoms with E-state index in [1.165, 1.54) is 0 Å². The van der Waals surface area contributed by atoms with Gasteiger partial charge in [0.2, 0.25) is 5.96 Å². The van der Waals surface area contributed by atoms with Crippen molar-refractivity contribution in [1.29, 1.82) is 0 Å². The van der Waals surface area contributed by atoms with Gasteiger partial charge in [-0.3, -0.25) is 10.6 Å². The van der Waals surface area contributed by atoms with Crippen molar-refractivity contribution in [2.45, 2.75) is 58.8 Å². The van der Waals surface area contributed by atoms with Gasteiger partial charge >= 0.3 is 12.2 Å². The highest BCUT2D eigenvalue weighted by Crippen LogP contribution is 2.18. The Balaban J connectivity index is 0.00000961. The van der Waals surface area contributed by atoms with Gasteiger partial charge < -0.3 is 19.3 Å². The summed E-state index contributed by atoms with van der Waals surface area (Å²) in [5.74, 6) is 0.237. The average molecular weight is 444 g/mol. The molecular weight excluding hydrogens is 409 g/mol. The van der Waals surface area contributed by atoms with Gasteiger partial charge in [-0.15, -0.1) is 0 Å². The van der Waals surface area contributed by atoms with Gasteiger partial charge in [0.25, 0.3) is 0 Å². The van der Waals surface area contributed by atoms with Crippen molar-refractivity contribution in [1.82, 2.24) is 10.6 Å². The zero-order chi connectivity index (χ0) is 23.7. The number of nitrogens with one attached hydrogen (secondary N) is 2. The molecule has 0 heterocycles. The zero-order valence-corrected chi connectivity index (χ0v) is 18.8. The number of amides is 2. The van der Waals surface area contributed by atoms with Gasteiger partial charge in [0.15, 0.2) is 0 Å². The van der Waals surface area contributed by atoms with Crippen LogP contribution in [0.5, 0.6) is 5.75 Å². The number of aliphatic hydroxyl groups excluding tert-OH is 1. The Bertz CT molecular complexity index is 728. The van der Waals surface area contributed by atoms with Crippen molar-refractivity contribution in [3.05, 3.63) is 29.8 Å². The number of alkyl carbamates (subject to hydrolysis) is 2. The van der Waals surface area contributed by atoms with E-state index < -0.39 is 36.2 Å². The number of carbonyl (C=O) groups is 2. The largest absolute Gasteiger partial charge is 0.491 e. The minimum Gasteiger partial charge on any atom is -0.491 e. The Hall–Kier alpha value is -2.88. The summed E-state index contributed by atoms with van der Waals surface area (Å²) >= 11 is 0. The van der Waals surface area contributed by atoms with E-state index in [1.54, 1.807) is 65.8 Å². The number of nitrogens with zero attached hydrogens (tertiary/aromatic N) is 1. The molecule has 1 unspecified atom stereocenters. The summed E-state index contributed by atoms with van der Waals surface area (Å²) < 4.78 is 27.6. The third-order valence-corrected chi connectivity index (χ3v) is 3.27. The van der Waals surface area contributed by atoms with Crippen LogP contribution in [0.1, 0.15) is 54.6 Å². The average Bonchev–Trinajstić information content (AvgIpc) is 2.61. The summed E-state index contributed by atoms with van der Waals surface area (Å²) in [6, 6.07) is 6.40. The summed E-state index contributed by atoms with van der Waals surface area (Å²) in [5.41, 5.74) is -0.996. The molecule has 0 aromatic heterocycles. The minimum absolute atomic E-state index is 0. The smallest absolute Gasteiger partial charge is 0.414 e. The number of halogens is 1. The van der Waals surface area contributed by atoms with Crippen LogP contribution in [0.15, 0.2) is 29.3 Å². The topological polar surface area (TPSA) is 118 Å². The molecule has 0 saturated carbocycles. The first-order valence-electron chi connectivity index (χ1n) is 9.80. The molecule has 10 heteroatoms. The van der Waals surface area contributed by atoms with Crippen molar-refractivity contribution in [3.8, 4) is 5.75 Å². The van der Waals surface area contributed by atoms with Crippen LogP contribution >= 0.6 is 0 Å². The first-order valence-corrected chi connectivity index (χ1v) is 9.80. The third-order valence-electron chi connectivity index (χ3n) is 3.27. The number of benzene rings is 1. The molecule has 0 bridgehead atoms. The molecule has 0 saturated heterocycles. The van der Waals surface area contributed by atoms with E-state index in [0.29, 0.717) is 11.3 Å². The second-order valence-electron chi connectivity index (χ2n) is 8.57. The number of ether oxygens (including phenoxy) is 3. The van der Waals surface area contributed by atoms with Gasteiger partial charge in [-0.1, -0.05) is 12.1 Å². The number of aliphatic imine (C=N–C) groups is 1. The Morgan fingerprint density at radius 3 is 1.94 bits per heavy atom. The normalized spacial score (nSPS) is 12.4. The number of hydrogen-bond acceptors (Lipinski definition) is 7. The van der Waals surface area contributed by atoms with E-state index in [4.69, 9.17) is 14.2 Å². The van der Waals surface area contributed by atoms with Crippen molar-refractivity contribution in [3.63, 3.8) is 0 Å². The van der Waals surface area contributed by atoms with Gasteiger partial charge in [0, 0.05) is 1.43 Å². The molecule has 0 aliphatic heterocycles. The fourth-order valence-corrected chi connectivity index (χ4v) is 2.14. The predicted molar refractivity (Wildman–Crippen MR) is 116 cm³/mol. The van der Waals surface area contributed by atoms with Gasteiger partial charge in [-0.05, 0) is 59.2 Å². The molecule has 1 aromatic rings.